The van der Waals surface area contributed by atoms with E-state index < -0.39 is 6.83 Å². The second-order valence-electron chi connectivity index (χ2n) is 8.59. The summed E-state index contributed by atoms with van der Waals surface area (Å²) in [7, 11) is 0. The van der Waals surface area contributed by atoms with Crippen LogP contribution in [0.3, 0.4) is 0 Å². The van der Waals surface area contributed by atoms with Gasteiger partial charge in [0, 0.05) is 0 Å². The third kappa shape index (κ3) is 2.63. The van der Waals surface area contributed by atoms with Gasteiger partial charge in [0.15, 0.2) is 0 Å². The van der Waals surface area contributed by atoms with E-state index in [9.17, 15) is 0 Å². The molecule has 0 bridgehead atoms. The van der Waals surface area contributed by atoms with Crippen LogP contribution in [0.4, 0.5) is 0 Å². The van der Waals surface area contributed by atoms with E-state index in [1.165, 1.54) is 27.0 Å². The van der Waals surface area contributed by atoms with Gasteiger partial charge in [0.05, 0.1) is 0 Å². The molecule has 1 saturated heterocycles. The van der Waals surface area contributed by atoms with Gasteiger partial charge in [-0.2, -0.15) is 0 Å². The van der Waals surface area contributed by atoms with Crippen molar-refractivity contribution >= 4 is 22.7 Å². The van der Waals surface area contributed by atoms with Crippen LogP contribution in [-0.2, 0) is 11.0 Å². The van der Waals surface area contributed by atoms with E-state index in [1.54, 1.807) is 0 Å². The Morgan fingerprint density at radius 1 is 0.613 bits per heavy atom. The van der Waals surface area contributed by atoms with Gasteiger partial charge in [-0.1, -0.05) is 0 Å². The molecule has 1 atom stereocenters. The van der Waals surface area contributed by atoms with Crippen LogP contribution in [0.15, 0.2) is 115 Å². The Balaban J connectivity index is 1.70. The van der Waals surface area contributed by atoms with Gasteiger partial charge < -0.3 is 0 Å². The zero-order valence-corrected chi connectivity index (χ0v) is 18.4. The molecule has 0 radical (unpaired) electrons. The third-order valence-electron chi connectivity index (χ3n) is 7.08. The molecule has 3 heteroatoms. The Morgan fingerprint density at radius 3 is 1.65 bits per heavy atom. The molecule has 0 saturated carbocycles. The number of benzene rings is 4. The number of fused-ring (bicyclic) bond motifs is 3. The normalized spacial score (nSPS) is 22.6. The van der Waals surface area contributed by atoms with Crippen molar-refractivity contribution in [2.75, 3.05) is 12.7 Å². The van der Waals surface area contributed by atoms with Crippen molar-refractivity contribution < 1.29 is 4.62 Å². The topological polar surface area (TPSA) is 12.5 Å². The van der Waals surface area contributed by atoms with Crippen LogP contribution in [0, 0.1) is 0 Å². The van der Waals surface area contributed by atoms with Crippen LogP contribution in [0.2, 0.25) is 0 Å². The monoisotopic (exact) mass is 423 g/mol. The first-order valence-corrected chi connectivity index (χ1v) is 13.4. The fourth-order valence-electron chi connectivity index (χ4n) is 5.65. The van der Waals surface area contributed by atoms with E-state index in [0.717, 1.165) is 19.1 Å². The van der Waals surface area contributed by atoms with Gasteiger partial charge >= 0.3 is 184 Å². The molecule has 2 aliphatic heterocycles. The van der Waals surface area contributed by atoms with E-state index in [4.69, 9.17) is 4.62 Å². The number of rotatable bonds is 3. The van der Waals surface area contributed by atoms with Crippen molar-refractivity contribution in [1.29, 1.82) is 0 Å². The fraction of sp³-hybridized carbons (Fsp3) is 0.143. The second-order valence-corrected chi connectivity index (χ2v) is 13.1. The summed E-state index contributed by atoms with van der Waals surface area (Å²) in [5.74, 6) is 0. The summed E-state index contributed by atoms with van der Waals surface area (Å²) >= 11 is 0. The molecule has 0 amide bonds. The Hall–Kier alpha value is -2.77. The standard InChI is InChI=1S/C28H26NOP/c1-4-13-24(14-5-1)31(25-15-6-2-7-16-25,26-17-8-3-9-18-26)22-28-27-19-11-10-12-23(27)20-21-29(28)30-31/h1-19,28H,20-22H2. The summed E-state index contributed by atoms with van der Waals surface area (Å²) in [6.45, 7) is -2.28. The van der Waals surface area contributed by atoms with Crippen molar-refractivity contribution in [2.24, 2.45) is 0 Å². The second kappa shape index (κ2) is 7.14. The first-order valence-electron chi connectivity index (χ1n) is 11.0. The molecule has 4 aromatic rings. The molecule has 31 heavy (non-hydrogen) atoms. The van der Waals surface area contributed by atoms with Crippen LogP contribution < -0.4 is 15.9 Å². The molecular formula is C28H26NOP. The van der Waals surface area contributed by atoms with Gasteiger partial charge in [0.25, 0.3) is 0 Å². The summed E-state index contributed by atoms with van der Waals surface area (Å²) in [5, 5.41) is 6.21. The van der Waals surface area contributed by atoms with Crippen LogP contribution in [0.25, 0.3) is 0 Å². The minimum absolute atomic E-state index is 0.253. The first kappa shape index (κ1) is 19.0. The quantitative estimate of drug-likeness (QED) is 0.431. The zero-order chi connectivity index (χ0) is 20.8. The van der Waals surface area contributed by atoms with Crippen molar-refractivity contribution in [2.45, 2.75) is 12.5 Å². The summed E-state index contributed by atoms with van der Waals surface area (Å²) in [5.41, 5.74) is 2.88. The molecule has 1 fully saturated rings. The van der Waals surface area contributed by atoms with Crippen LogP contribution in [0.5, 0.6) is 0 Å². The van der Waals surface area contributed by atoms with E-state index >= 15 is 0 Å². The molecule has 4 aromatic carbocycles. The molecule has 6 rings (SSSR count). The van der Waals surface area contributed by atoms with Crippen molar-refractivity contribution in [3.63, 3.8) is 0 Å². The molecule has 0 aromatic heterocycles. The van der Waals surface area contributed by atoms with Crippen LogP contribution in [-0.4, -0.2) is 17.8 Å². The van der Waals surface area contributed by atoms with Gasteiger partial charge in [0.1, 0.15) is 0 Å². The first-order chi connectivity index (χ1) is 15.3. The Labute approximate surface area is 184 Å². The summed E-state index contributed by atoms with van der Waals surface area (Å²) in [4.78, 5) is 0. The molecule has 1 unspecified atom stereocenters. The fourth-order valence-corrected chi connectivity index (χ4v) is 11.6. The molecule has 0 spiro atoms. The predicted octanol–water partition coefficient (Wildman–Crippen LogP) is 4.98. The van der Waals surface area contributed by atoms with E-state index in [-0.39, 0.29) is 6.04 Å². The minimum atomic E-state index is -3.20. The van der Waals surface area contributed by atoms with Gasteiger partial charge in [-0.25, -0.2) is 0 Å². The van der Waals surface area contributed by atoms with Gasteiger partial charge in [-0.3, -0.25) is 0 Å². The number of nitrogens with zero attached hydrogens (tertiary/aromatic N) is 1. The number of hydroxylamine groups is 2. The van der Waals surface area contributed by atoms with Gasteiger partial charge in [-0.15, -0.1) is 0 Å². The molecule has 2 heterocycles. The maximum atomic E-state index is 7.42. The van der Waals surface area contributed by atoms with Crippen LogP contribution in [0.1, 0.15) is 17.2 Å². The summed E-state index contributed by atoms with van der Waals surface area (Å²) < 4.78 is 7.42. The van der Waals surface area contributed by atoms with Gasteiger partial charge in [0.2, 0.25) is 0 Å². The summed E-state index contributed by atoms with van der Waals surface area (Å²) in [6, 6.07) is 42.1. The Kier molecular flexibility index (Phi) is 4.36. The van der Waals surface area contributed by atoms with Crippen molar-refractivity contribution in [3.05, 3.63) is 126 Å². The SMILES string of the molecule is c1ccc(P2(c3ccccc3)(c3ccccc3)CC3c4ccccc4CCN3O2)cc1. The van der Waals surface area contributed by atoms with E-state index in [2.05, 4.69) is 120 Å². The van der Waals surface area contributed by atoms with Crippen molar-refractivity contribution in [3.8, 4) is 0 Å². The number of hydrogen-bond acceptors (Lipinski definition) is 2. The number of hydrogen-bond donors (Lipinski definition) is 0. The maximum absolute atomic E-state index is 7.42. The Bertz CT molecular complexity index is 1110. The predicted molar refractivity (Wildman–Crippen MR) is 131 cm³/mol. The summed E-state index contributed by atoms with van der Waals surface area (Å²) in [6.07, 6.45) is 1.98. The Morgan fingerprint density at radius 2 is 1.10 bits per heavy atom. The molecular weight excluding hydrogens is 397 g/mol. The van der Waals surface area contributed by atoms with Gasteiger partial charge in [-0.05, 0) is 0 Å². The average molecular weight is 423 g/mol. The van der Waals surface area contributed by atoms with Crippen LogP contribution >= 0.6 is 6.83 Å². The average Bonchev–Trinajstić information content (AvgIpc) is 3.25. The molecule has 0 aliphatic carbocycles. The van der Waals surface area contributed by atoms with E-state index in [1.807, 2.05) is 0 Å². The molecule has 0 N–H and O–H groups in total. The zero-order valence-electron chi connectivity index (χ0n) is 17.5. The van der Waals surface area contributed by atoms with E-state index in [0.29, 0.717) is 0 Å². The molecule has 2 nitrogen and oxygen atoms in total. The molecule has 154 valence electrons. The third-order valence-corrected chi connectivity index (χ3v) is 12.9. The molecule has 2 aliphatic rings. The van der Waals surface area contributed by atoms with Crippen molar-refractivity contribution in [1.82, 2.24) is 5.06 Å².